The van der Waals surface area contributed by atoms with Crippen LogP contribution in [0.3, 0.4) is 0 Å². The molecule has 0 saturated carbocycles. The van der Waals surface area contributed by atoms with Crippen LogP contribution in [0.4, 0.5) is 11.4 Å². The highest BCUT2D eigenvalue weighted by atomic mass is 35.5. The number of allylic oxidation sites excluding steroid dienone is 5. The van der Waals surface area contributed by atoms with Gasteiger partial charge in [-0.2, -0.15) is 0 Å². The van der Waals surface area contributed by atoms with Gasteiger partial charge in [0.25, 0.3) is 0 Å². The van der Waals surface area contributed by atoms with E-state index in [9.17, 15) is 0 Å². The molecule has 0 unspecified atom stereocenters. The van der Waals surface area contributed by atoms with Crippen LogP contribution in [0, 0.1) is 0 Å². The molecular formula is C19H19ClN2. The molecule has 0 bridgehead atoms. The second kappa shape index (κ2) is 11.1. The van der Waals surface area contributed by atoms with Crippen molar-refractivity contribution in [2.45, 2.75) is 0 Å². The molecule has 0 spiro atoms. The van der Waals surface area contributed by atoms with Crippen LogP contribution in [0.15, 0.2) is 102 Å². The summed E-state index contributed by atoms with van der Waals surface area (Å²) in [7, 11) is 0. The normalized spacial score (nSPS) is 11.5. The van der Waals surface area contributed by atoms with Gasteiger partial charge < -0.3 is 5.32 Å². The van der Waals surface area contributed by atoms with E-state index in [-0.39, 0.29) is 12.4 Å². The molecule has 0 amide bonds. The van der Waals surface area contributed by atoms with Gasteiger partial charge in [0.1, 0.15) is 0 Å². The first-order chi connectivity index (χ1) is 10.4. The molecule has 0 heterocycles. The van der Waals surface area contributed by atoms with Crippen molar-refractivity contribution in [3.05, 3.63) is 97.2 Å². The third-order valence-electron chi connectivity index (χ3n) is 2.63. The summed E-state index contributed by atoms with van der Waals surface area (Å²) in [5.41, 5.74) is 2.03. The Morgan fingerprint density at radius 3 is 2.00 bits per heavy atom. The van der Waals surface area contributed by atoms with Crippen LogP contribution < -0.4 is 5.32 Å². The summed E-state index contributed by atoms with van der Waals surface area (Å²) in [6.07, 6.45) is 13.4. The second-order valence-electron chi connectivity index (χ2n) is 4.25. The average molecular weight is 311 g/mol. The summed E-state index contributed by atoms with van der Waals surface area (Å²) in [6.45, 7) is 0. The number of halogens is 1. The molecule has 0 atom stereocenters. The molecule has 2 aromatic rings. The second-order valence-corrected chi connectivity index (χ2v) is 4.25. The van der Waals surface area contributed by atoms with Gasteiger partial charge in [0, 0.05) is 18.1 Å². The topological polar surface area (TPSA) is 24.4 Å². The van der Waals surface area contributed by atoms with Crippen molar-refractivity contribution in [1.82, 2.24) is 0 Å². The average Bonchev–Trinajstić information content (AvgIpc) is 2.55. The number of hydrogen-bond donors (Lipinski definition) is 1. The fraction of sp³-hybridized carbons (Fsp3) is 0. The van der Waals surface area contributed by atoms with Gasteiger partial charge in [-0.05, 0) is 36.4 Å². The molecule has 2 aromatic carbocycles. The van der Waals surface area contributed by atoms with Crippen molar-refractivity contribution >= 4 is 30.0 Å². The van der Waals surface area contributed by atoms with Crippen LogP contribution in [0.5, 0.6) is 0 Å². The number of anilines is 1. The summed E-state index contributed by atoms with van der Waals surface area (Å²) in [5.74, 6) is 0. The number of benzene rings is 2. The number of aliphatic imine (C=N–C) groups is 1. The third kappa shape index (κ3) is 7.27. The zero-order valence-electron chi connectivity index (χ0n) is 12.2. The maximum Gasteiger partial charge on any atom is 0.0629 e. The van der Waals surface area contributed by atoms with Gasteiger partial charge in [0.15, 0.2) is 0 Å². The van der Waals surface area contributed by atoms with Crippen LogP contribution in [-0.2, 0) is 0 Å². The highest BCUT2D eigenvalue weighted by Gasteiger charge is 1.81. The van der Waals surface area contributed by atoms with Gasteiger partial charge in [-0.3, -0.25) is 4.99 Å². The van der Waals surface area contributed by atoms with Crippen LogP contribution in [-0.4, -0.2) is 6.21 Å². The molecule has 0 aromatic heterocycles. The van der Waals surface area contributed by atoms with Crippen LogP contribution in [0.25, 0.3) is 0 Å². The molecule has 0 aliphatic rings. The van der Waals surface area contributed by atoms with Crippen molar-refractivity contribution in [3.8, 4) is 0 Å². The van der Waals surface area contributed by atoms with Crippen LogP contribution >= 0.6 is 12.4 Å². The van der Waals surface area contributed by atoms with E-state index >= 15 is 0 Å². The minimum absolute atomic E-state index is 0. The minimum atomic E-state index is 0. The standard InChI is InChI=1S/C19H18N2.ClH/c1(2-10-16-20-18-12-6-4-7-13-18)3-11-17-21-19-14-8-5-9-15-19;/h1-17,20H;1H/b2-1+,11-3+,16-10+,21-17?;. The highest BCUT2D eigenvalue weighted by Crippen LogP contribution is 2.08. The van der Waals surface area contributed by atoms with Gasteiger partial charge in [0.05, 0.1) is 5.69 Å². The number of rotatable bonds is 6. The molecule has 2 rings (SSSR count). The zero-order chi connectivity index (χ0) is 14.6. The van der Waals surface area contributed by atoms with E-state index in [4.69, 9.17) is 0 Å². The molecule has 112 valence electrons. The van der Waals surface area contributed by atoms with Crippen molar-refractivity contribution in [1.29, 1.82) is 0 Å². The van der Waals surface area contributed by atoms with E-state index in [2.05, 4.69) is 10.3 Å². The zero-order valence-corrected chi connectivity index (χ0v) is 13.0. The van der Waals surface area contributed by atoms with Gasteiger partial charge in [-0.1, -0.05) is 54.6 Å². The Morgan fingerprint density at radius 2 is 1.27 bits per heavy atom. The van der Waals surface area contributed by atoms with Crippen molar-refractivity contribution in [2.24, 2.45) is 4.99 Å². The van der Waals surface area contributed by atoms with Crippen LogP contribution in [0.1, 0.15) is 0 Å². The highest BCUT2D eigenvalue weighted by molar-refractivity contribution is 5.85. The Balaban J connectivity index is 0.00000242. The Labute approximate surface area is 138 Å². The van der Waals surface area contributed by atoms with Gasteiger partial charge in [-0.25, -0.2) is 0 Å². The maximum absolute atomic E-state index is 4.30. The summed E-state index contributed by atoms with van der Waals surface area (Å²) in [5, 5.41) is 3.19. The van der Waals surface area contributed by atoms with Crippen molar-refractivity contribution < 1.29 is 0 Å². The van der Waals surface area contributed by atoms with Crippen molar-refractivity contribution in [3.63, 3.8) is 0 Å². The molecule has 2 nitrogen and oxygen atoms in total. The number of para-hydroxylation sites is 2. The summed E-state index contributed by atoms with van der Waals surface area (Å²) < 4.78 is 0. The predicted molar refractivity (Wildman–Crippen MR) is 99.3 cm³/mol. The van der Waals surface area contributed by atoms with E-state index in [0.717, 1.165) is 11.4 Å². The van der Waals surface area contributed by atoms with E-state index in [1.807, 2.05) is 97.2 Å². The molecule has 0 radical (unpaired) electrons. The van der Waals surface area contributed by atoms with E-state index in [1.54, 1.807) is 6.21 Å². The lowest BCUT2D eigenvalue weighted by Crippen LogP contribution is -1.84. The van der Waals surface area contributed by atoms with E-state index < -0.39 is 0 Å². The quantitative estimate of drug-likeness (QED) is 0.549. The summed E-state index contributed by atoms with van der Waals surface area (Å²) in [6, 6.07) is 19.9. The minimum Gasteiger partial charge on any atom is -0.362 e. The molecule has 0 aliphatic heterocycles. The largest absolute Gasteiger partial charge is 0.362 e. The molecule has 0 aliphatic carbocycles. The fourth-order valence-corrected chi connectivity index (χ4v) is 1.62. The number of nitrogens with zero attached hydrogens (tertiary/aromatic N) is 1. The van der Waals surface area contributed by atoms with Crippen molar-refractivity contribution in [2.75, 3.05) is 5.32 Å². The van der Waals surface area contributed by atoms with Gasteiger partial charge in [0.2, 0.25) is 0 Å². The monoisotopic (exact) mass is 310 g/mol. The molecule has 22 heavy (non-hydrogen) atoms. The molecule has 3 heteroatoms. The maximum atomic E-state index is 4.30. The Bertz CT molecular complexity index is 629. The smallest absolute Gasteiger partial charge is 0.0629 e. The Kier molecular flexibility index (Phi) is 8.83. The number of hydrogen-bond acceptors (Lipinski definition) is 2. The first kappa shape index (κ1) is 17.5. The van der Waals surface area contributed by atoms with Gasteiger partial charge in [-0.15, -0.1) is 12.4 Å². The Morgan fingerprint density at radius 1 is 0.682 bits per heavy atom. The van der Waals surface area contributed by atoms with Gasteiger partial charge >= 0.3 is 0 Å². The summed E-state index contributed by atoms with van der Waals surface area (Å²) >= 11 is 0. The fourth-order valence-electron chi connectivity index (χ4n) is 1.62. The van der Waals surface area contributed by atoms with E-state index in [1.165, 1.54) is 0 Å². The lowest BCUT2D eigenvalue weighted by molar-refractivity contribution is 1.54. The first-order valence-electron chi connectivity index (χ1n) is 6.84. The lowest BCUT2D eigenvalue weighted by Gasteiger charge is -1.97. The SMILES string of the molecule is C(/C=C/C=C/C=C/Nc1ccccc1)=Nc1ccccc1.Cl. The summed E-state index contributed by atoms with van der Waals surface area (Å²) in [4.78, 5) is 4.30. The first-order valence-corrected chi connectivity index (χ1v) is 6.84. The van der Waals surface area contributed by atoms with E-state index in [0.29, 0.717) is 0 Å². The molecule has 1 N–H and O–H groups in total. The van der Waals surface area contributed by atoms with Crippen LogP contribution in [0.2, 0.25) is 0 Å². The third-order valence-corrected chi connectivity index (χ3v) is 2.63. The lowest BCUT2D eigenvalue weighted by atomic mass is 10.3. The Hall–Kier alpha value is -2.58. The molecular weight excluding hydrogens is 292 g/mol. The predicted octanol–water partition coefficient (Wildman–Crippen LogP) is 5.55. The number of nitrogens with one attached hydrogen (secondary N) is 1. The molecule has 0 fully saturated rings. The molecule has 0 saturated heterocycles.